The lowest BCUT2D eigenvalue weighted by molar-refractivity contribution is -0.385. The van der Waals surface area contributed by atoms with Crippen LogP contribution in [0.1, 0.15) is 22.0 Å². The molecule has 3 rings (SSSR count). The number of amides is 2. The fraction of sp³-hybridized carbons (Fsp3) is 0.263. The van der Waals surface area contributed by atoms with E-state index in [-0.39, 0.29) is 29.8 Å². The molecule has 140 valence electrons. The third kappa shape index (κ3) is 4.48. The highest BCUT2D eigenvalue weighted by atomic mass is 16.6. The highest BCUT2D eigenvalue weighted by Gasteiger charge is 2.26. The maximum atomic E-state index is 12.5. The minimum absolute atomic E-state index is 0.0700. The molecule has 0 aromatic heterocycles. The molecule has 1 heterocycles. The second kappa shape index (κ2) is 8.41. The minimum atomic E-state index is -0.650. The van der Waals surface area contributed by atoms with Gasteiger partial charge >= 0.3 is 0 Å². The van der Waals surface area contributed by atoms with Gasteiger partial charge < -0.3 is 15.0 Å². The number of hydrogen-bond acceptors (Lipinski definition) is 5. The topological polar surface area (TPSA) is 102 Å². The van der Waals surface area contributed by atoms with Crippen LogP contribution < -0.4 is 5.32 Å². The summed E-state index contributed by atoms with van der Waals surface area (Å²) >= 11 is 0. The quantitative estimate of drug-likeness (QED) is 0.641. The van der Waals surface area contributed by atoms with Gasteiger partial charge in [-0.05, 0) is 11.6 Å². The van der Waals surface area contributed by atoms with Crippen LogP contribution in [0.2, 0.25) is 0 Å². The van der Waals surface area contributed by atoms with E-state index in [0.717, 1.165) is 5.56 Å². The van der Waals surface area contributed by atoms with Crippen molar-refractivity contribution < 1.29 is 19.2 Å². The van der Waals surface area contributed by atoms with E-state index in [1.165, 1.54) is 24.3 Å². The Bertz CT molecular complexity index is 840. The molecule has 0 bridgehead atoms. The van der Waals surface area contributed by atoms with Crippen molar-refractivity contribution in [2.45, 2.75) is 6.10 Å². The molecule has 2 amide bonds. The van der Waals surface area contributed by atoms with E-state index >= 15 is 0 Å². The summed E-state index contributed by atoms with van der Waals surface area (Å²) in [4.78, 5) is 36.7. The summed E-state index contributed by atoms with van der Waals surface area (Å²) in [7, 11) is 0. The van der Waals surface area contributed by atoms with Crippen molar-refractivity contribution in [1.29, 1.82) is 0 Å². The van der Waals surface area contributed by atoms with Crippen molar-refractivity contribution in [3.05, 3.63) is 75.8 Å². The van der Waals surface area contributed by atoms with Crippen LogP contribution in [0.3, 0.4) is 0 Å². The number of para-hydroxylation sites is 1. The fourth-order valence-electron chi connectivity index (χ4n) is 2.93. The largest absolute Gasteiger partial charge is 0.370 e. The molecule has 27 heavy (non-hydrogen) atoms. The highest BCUT2D eigenvalue weighted by Crippen LogP contribution is 2.22. The first-order chi connectivity index (χ1) is 13.1. The van der Waals surface area contributed by atoms with Gasteiger partial charge in [0.2, 0.25) is 5.91 Å². The number of nitro benzene ring substituents is 1. The van der Waals surface area contributed by atoms with Crippen molar-refractivity contribution in [2.24, 2.45) is 0 Å². The van der Waals surface area contributed by atoms with E-state index in [0.29, 0.717) is 19.7 Å². The second-order valence-corrected chi connectivity index (χ2v) is 6.07. The molecule has 1 aliphatic rings. The monoisotopic (exact) mass is 369 g/mol. The van der Waals surface area contributed by atoms with Crippen LogP contribution in [0.5, 0.6) is 0 Å². The molecule has 2 aromatic carbocycles. The average molecular weight is 369 g/mol. The summed E-state index contributed by atoms with van der Waals surface area (Å²) in [6.07, 6.45) is -0.213. The zero-order valence-electron chi connectivity index (χ0n) is 14.5. The molecule has 1 aliphatic heterocycles. The molecule has 1 atom stereocenters. The summed E-state index contributed by atoms with van der Waals surface area (Å²) < 4.78 is 5.73. The van der Waals surface area contributed by atoms with Crippen LogP contribution in [0, 0.1) is 10.1 Å². The Morgan fingerprint density at radius 2 is 1.85 bits per heavy atom. The zero-order valence-corrected chi connectivity index (χ0v) is 14.5. The van der Waals surface area contributed by atoms with E-state index in [1.807, 2.05) is 30.3 Å². The van der Waals surface area contributed by atoms with Gasteiger partial charge in [-0.25, -0.2) is 0 Å². The standard InChI is InChI=1S/C19H19N3O5/c23-18(12-20-19(24)15-8-4-5-9-16(15)22(25)26)21-10-11-27-17(13-21)14-6-2-1-3-7-14/h1-9,17H,10-13H2,(H,20,24). The first kappa shape index (κ1) is 18.5. The van der Waals surface area contributed by atoms with Crippen molar-refractivity contribution in [2.75, 3.05) is 26.2 Å². The van der Waals surface area contributed by atoms with Gasteiger partial charge in [-0.1, -0.05) is 42.5 Å². The van der Waals surface area contributed by atoms with Crippen LogP contribution in [0.15, 0.2) is 54.6 Å². The van der Waals surface area contributed by atoms with Crippen LogP contribution >= 0.6 is 0 Å². The molecule has 8 nitrogen and oxygen atoms in total. The third-order valence-electron chi connectivity index (χ3n) is 4.34. The van der Waals surface area contributed by atoms with Gasteiger partial charge in [0.15, 0.2) is 0 Å². The number of carbonyl (C=O) groups is 2. The number of morpholine rings is 1. The number of rotatable bonds is 5. The Labute approximate surface area is 155 Å². The van der Waals surface area contributed by atoms with Gasteiger partial charge in [0, 0.05) is 12.6 Å². The molecule has 1 unspecified atom stereocenters. The van der Waals surface area contributed by atoms with E-state index in [4.69, 9.17) is 4.74 Å². The van der Waals surface area contributed by atoms with Gasteiger partial charge in [-0.3, -0.25) is 19.7 Å². The number of nitro groups is 1. The Kier molecular flexibility index (Phi) is 5.77. The molecule has 1 fully saturated rings. The molecule has 8 heteroatoms. The molecule has 0 saturated carbocycles. The van der Waals surface area contributed by atoms with Crippen LogP contribution in [0.4, 0.5) is 5.69 Å². The Hall–Kier alpha value is -3.26. The molecule has 1 saturated heterocycles. The van der Waals surface area contributed by atoms with Crippen molar-refractivity contribution in [3.63, 3.8) is 0 Å². The maximum Gasteiger partial charge on any atom is 0.282 e. The van der Waals surface area contributed by atoms with Crippen molar-refractivity contribution >= 4 is 17.5 Å². The number of benzene rings is 2. The number of carbonyl (C=O) groups excluding carboxylic acids is 2. The van der Waals surface area contributed by atoms with Gasteiger partial charge in [-0.15, -0.1) is 0 Å². The molecule has 0 aliphatic carbocycles. The third-order valence-corrected chi connectivity index (χ3v) is 4.34. The predicted molar refractivity (Wildman–Crippen MR) is 97.1 cm³/mol. The van der Waals surface area contributed by atoms with Gasteiger partial charge in [0.05, 0.1) is 24.6 Å². The molecular formula is C19H19N3O5. The minimum Gasteiger partial charge on any atom is -0.370 e. The zero-order chi connectivity index (χ0) is 19.2. The number of ether oxygens (including phenoxy) is 1. The van der Waals surface area contributed by atoms with Gasteiger partial charge in [0.25, 0.3) is 11.6 Å². The average Bonchev–Trinajstić information content (AvgIpc) is 2.72. The van der Waals surface area contributed by atoms with Crippen LogP contribution in [0.25, 0.3) is 0 Å². The fourth-order valence-corrected chi connectivity index (χ4v) is 2.93. The molecule has 0 radical (unpaired) electrons. The molecule has 2 aromatic rings. The second-order valence-electron chi connectivity index (χ2n) is 6.07. The lowest BCUT2D eigenvalue weighted by atomic mass is 10.1. The van der Waals surface area contributed by atoms with Gasteiger partial charge in [-0.2, -0.15) is 0 Å². The summed E-state index contributed by atoms with van der Waals surface area (Å²) in [6.45, 7) is 1.00. The number of hydrogen-bond donors (Lipinski definition) is 1. The summed E-state index contributed by atoms with van der Waals surface area (Å²) in [5.41, 5.74) is 0.622. The first-order valence-corrected chi connectivity index (χ1v) is 8.52. The molecule has 0 spiro atoms. The smallest absolute Gasteiger partial charge is 0.282 e. The number of nitrogens with one attached hydrogen (secondary N) is 1. The highest BCUT2D eigenvalue weighted by molar-refractivity contribution is 5.99. The van der Waals surface area contributed by atoms with E-state index in [2.05, 4.69) is 5.32 Å². The van der Waals surface area contributed by atoms with E-state index < -0.39 is 10.8 Å². The lowest BCUT2D eigenvalue weighted by Gasteiger charge is -2.33. The SMILES string of the molecule is O=C(NCC(=O)N1CCOC(c2ccccc2)C1)c1ccccc1[N+](=O)[O-]. The Balaban J connectivity index is 1.59. The Morgan fingerprint density at radius 1 is 1.15 bits per heavy atom. The summed E-state index contributed by atoms with van der Waals surface area (Å²) in [5, 5.41) is 13.5. The van der Waals surface area contributed by atoms with Crippen molar-refractivity contribution in [1.82, 2.24) is 10.2 Å². The lowest BCUT2D eigenvalue weighted by Crippen LogP contribution is -2.46. The predicted octanol–water partition coefficient (Wildman–Crippen LogP) is 1.92. The molecule has 1 N–H and O–H groups in total. The summed E-state index contributed by atoms with van der Waals surface area (Å²) in [5.74, 6) is -0.908. The first-order valence-electron chi connectivity index (χ1n) is 8.52. The van der Waals surface area contributed by atoms with Crippen LogP contribution in [-0.2, 0) is 9.53 Å². The number of nitrogens with zero attached hydrogens (tertiary/aromatic N) is 2. The normalized spacial score (nSPS) is 16.6. The Morgan fingerprint density at radius 3 is 2.59 bits per heavy atom. The maximum absolute atomic E-state index is 12.5. The van der Waals surface area contributed by atoms with E-state index in [9.17, 15) is 19.7 Å². The van der Waals surface area contributed by atoms with Gasteiger partial charge in [0.1, 0.15) is 11.7 Å². The van der Waals surface area contributed by atoms with E-state index in [1.54, 1.807) is 4.90 Å². The molecular weight excluding hydrogens is 350 g/mol. The van der Waals surface area contributed by atoms with Crippen molar-refractivity contribution in [3.8, 4) is 0 Å². The van der Waals surface area contributed by atoms with Crippen LogP contribution in [-0.4, -0.2) is 47.9 Å². The summed E-state index contributed by atoms with van der Waals surface area (Å²) in [6, 6.07) is 15.2.